The molecule has 138 valence electrons. The molecular formula is C18H22N4O4. The van der Waals surface area contributed by atoms with Crippen molar-refractivity contribution in [3.63, 3.8) is 0 Å². The fraction of sp³-hybridized carbons (Fsp3) is 0.500. The van der Waals surface area contributed by atoms with Gasteiger partial charge < -0.3 is 19.3 Å². The van der Waals surface area contributed by atoms with Gasteiger partial charge in [-0.1, -0.05) is 0 Å². The zero-order valence-corrected chi connectivity index (χ0v) is 14.5. The Kier molecular flexibility index (Phi) is 4.18. The van der Waals surface area contributed by atoms with E-state index in [1.807, 2.05) is 4.90 Å². The SMILES string of the molecule is O=C(N1CCCC1)N1CCC(C(=O)O)(n2ccc(-c3ccco3)n2)CC1. The van der Waals surface area contributed by atoms with Gasteiger partial charge in [0.25, 0.3) is 0 Å². The quantitative estimate of drug-likeness (QED) is 0.908. The summed E-state index contributed by atoms with van der Waals surface area (Å²) in [7, 11) is 0. The number of amides is 2. The molecule has 2 aliphatic heterocycles. The molecule has 2 amide bonds. The lowest BCUT2D eigenvalue weighted by Gasteiger charge is -2.40. The highest BCUT2D eigenvalue weighted by atomic mass is 16.4. The third-order valence-corrected chi connectivity index (χ3v) is 5.44. The van der Waals surface area contributed by atoms with E-state index in [0.717, 1.165) is 25.9 Å². The third kappa shape index (κ3) is 2.75. The molecule has 2 aliphatic rings. The molecule has 4 heterocycles. The van der Waals surface area contributed by atoms with Gasteiger partial charge >= 0.3 is 12.0 Å². The van der Waals surface area contributed by atoms with Crippen molar-refractivity contribution in [3.8, 4) is 11.5 Å². The molecule has 0 saturated carbocycles. The lowest BCUT2D eigenvalue weighted by molar-refractivity contribution is -0.150. The van der Waals surface area contributed by atoms with Gasteiger partial charge in [0.15, 0.2) is 11.3 Å². The molecule has 0 aliphatic carbocycles. The second kappa shape index (κ2) is 6.51. The van der Waals surface area contributed by atoms with Gasteiger partial charge in [-0.25, -0.2) is 9.59 Å². The molecule has 0 atom stereocenters. The Bertz CT molecular complexity index is 784. The first kappa shape index (κ1) is 16.7. The first-order valence-electron chi connectivity index (χ1n) is 8.97. The maximum Gasteiger partial charge on any atom is 0.331 e. The number of nitrogens with zero attached hydrogens (tertiary/aromatic N) is 4. The number of urea groups is 1. The average Bonchev–Trinajstić information content (AvgIpc) is 3.43. The van der Waals surface area contributed by atoms with E-state index >= 15 is 0 Å². The van der Waals surface area contributed by atoms with Gasteiger partial charge in [0.1, 0.15) is 5.69 Å². The summed E-state index contributed by atoms with van der Waals surface area (Å²) in [6.45, 7) is 2.42. The largest absolute Gasteiger partial charge is 0.479 e. The van der Waals surface area contributed by atoms with E-state index in [4.69, 9.17) is 4.42 Å². The minimum atomic E-state index is -1.13. The number of aliphatic carboxylic acids is 1. The van der Waals surface area contributed by atoms with Crippen molar-refractivity contribution in [3.05, 3.63) is 30.7 Å². The van der Waals surface area contributed by atoms with Crippen LogP contribution in [0.2, 0.25) is 0 Å². The molecule has 2 saturated heterocycles. The molecule has 2 aromatic heterocycles. The van der Waals surface area contributed by atoms with Gasteiger partial charge in [0.05, 0.1) is 6.26 Å². The van der Waals surface area contributed by atoms with Crippen molar-refractivity contribution in [2.75, 3.05) is 26.2 Å². The molecule has 8 nitrogen and oxygen atoms in total. The van der Waals surface area contributed by atoms with Gasteiger partial charge in [0.2, 0.25) is 0 Å². The molecule has 4 rings (SSSR count). The maximum absolute atomic E-state index is 12.5. The highest BCUT2D eigenvalue weighted by molar-refractivity contribution is 5.79. The zero-order chi connectivity index (χ0) is 18.1. The first-order valence-corrected chi connectivity index (χ1v) is 8.97. The van der Waals surface area contributed by atoms with Crippen LogP contribution in [0.1, 0.15) is 25.7 Å². The van der Waals surface area contributed by atoms with E-state index < -0.39 is 11.5 Å². The Hall–Kier alpha value is -2.77. The van der Waals surface area contributed by atoms with Crippen LogP contribution in [0.4, 0.5) is 4.79 Å². The van der Waals surface area contributed by atoms with Crippen molar-refractivity contribution in [2.24, 2.45) is 0 Å². The van der Waals surface area contributed by atoms with Crippen LogP contribution in [0.15, 0.2) is 35.1 Å². The summed E-state index contributed by atoms with van der Waals surface area (Å²) in [6, 6.07) is 5.34. The van der Waals surface area contributed by atoms with E-state index in [0.29, 0.717) is 37.4 Å². The van der Waals surface area contributed by atoms with Crippen LogP contribution in [0.5, 0.6) is 0 Å². The molecule has 26 heavy (non-hydrogen) atoms. The maximum atomic E-state index is 12.5. The molecule has 1 N–H and O–H groups in total. The average molecular weight is 358 g/mol. The van der Waals surface area contributed by atoms with Crippen molar-refractivity contribution in [2.45, 2.75) is 31.2 Å². The lowest BCUT2D eigenvalue weighted by atomic mass is 9.88. The van der Waals surface area contributed by atoms with Gasteiger partial charge in [-0.3, -0.25) is 4.68 Å². The van der Waals surface area contributed by atoms with E-state index in [-0.39, 0.29) is 6.03 Å². The molecule has 0 radical (unpaired) electrons. The fourth-order valence-corrected chi connectivity index (χ4v) is 3.84. The molecule has 0 unspecified atom stereocenters. The number of aromatic nitrogens is 2. The summed E-state index contributed by atoms with van der Waals surface area (Å²) in [4.78, 5) is 28.3. The Balaban J connectivity index is 1.52. The number of carbonyl (C=O) groups is 2. The summed E-state index contributed by atoms with van der Waals surface area (Å²) < 4.78 is 6.86. The molecular weight excluding hydrogens is 336 g/mol. The van der Waals surface area contributed by atoms with Crippen LogP contribution >= 0.6 is 0 Å². The number of furan rings is 1. The standard InChI is InChI=1S/C18H22N4O4/c23-16(24)18(22-10-5-14(19-22)15-4-3-13-26-15)6-11-21(12-7-18)17(25)20-8-1-2-9-20/h3-5,10,13H,1-2,6-9,11-12H2,(H,23,24). The molecule has 2 aromatic rings. The lowest BCUT2D eigenvalue weighted by Crippen LogP contribution is -2.54. The molecule has 0 bridgehead atoms. The summed E-state index contributed by atoms with van der Waals surface area (Å²) >= 11 is 0. The van der Waals surface area contributed by atoms with Crippen molar-refractivity contribution in [1.29, 1.82) is 0 Å². The monoisotopic (exact) mass is 358 g/mol. The summed E-state index contributed by atoms with van der Waals surface area (Å²) in [5.41, 5.74) is -0.529. The van der Waals surface area contributed by atoms with Crippen molar-refractivity contribution >= 4 is 12.0 Å². The predicted molar refractivity (Wildman–Crippen MR) is 92.5 cm³/mol. The van der Waals surface area contributed by atoms with Crippen LogP contribution in [-0.2, 0) is 10.3 Å². The minimum Gasteiger partial charge on any atom is -0.479 e. The number of rotatable bonds is 3. The van der Waals surface area contributed by atoms with E-state index in [9.17, 15) is 14.7 Å². The van der Waals surface area contributed by atoms with Crippen molar-refractivity contribution in [1.82, 2.24) is 19.6 Å². The van der Waals surface area contributed by atoms with Gasteiger partial charge in [0, 0.05) is 45.2 Å². The van der Waals surface area contributed by atoms with Crippen molar-refractivity contribution < 1.29 is 19.1 Å². The Morgan fingerprint density at radius 3 is 2.38 bits per heavy atom. The van der Waals surface area contributed by atoms with Gasteiger partial charge in [-0.2, -0.15) is 5.10 Å². The predicted octanol–water partition coefficient (Wildman–Crippen LogP) is 2.23. The van der Waals surface area contributed by atoms with Crippen LogP contribution in [0.3, 0.4) is 0 Å². The summed E-state index contributed by atoms with van der Waals surface area (Å²) in [5, 5.41) is 14.4. The van der Waals surface area contributed by atoms with E-state index in [1.54, 1.807) is 35.6 Å². The smallest absolute Gasteiger partial charge is 0.331 e. The van der Waals surface area contributed by atoms with Crippen LogP contribution in [0, 0.1) is 0 Å². The van der Waals surface area contributed by atoms with Crippen LogP contribution < -0.4 is 0 Å². The number of piperidine rings is 1. The Morgan fingerprint density at radius 1 is 1.08 bits per heavy atom. The minimum absolute atomic E-state index is 0.0261. The highest BCUT2D eigenvalue weighted by Crippen LogP contribution is 2.32. The van der Waals surface area contributed by atoms with E-state index in [1.165, 1.54) is 4.68 Å². The Labute approximate surface area is 151 Å². The second-order valence-electron chi connectivity index (χ2n) is 6.92. The number of carbonyl (C=O) groups excluding carboxylic acids is 1. The van der Waals surface area contributed by atoms with E-state index in [2.05, 4.69) is 5.10 Å². The first-order chi connectivity index (χ1) is 12.6. The zero-order valence-electron chi connectivity index (χ0n) is 14.5. The molecule has 2 fully saturated rings. The Morgan fingerprint density at radius 2 is 1.77 bits per heavy atom. The fourth-order valence-electron chi connectivity index (χ4n) is 3.84. The number of likely N-dealkylation sites (tertiary alicyclic amines) is 2. The second-order valence-corrected chi connectivity index (χ2v) is 6.92. The number of carboxylic acids is 1. The third-order valence-electron chi connectivity index (χ3n) is 5.44. The number of carboxylic acid groups (broad SMARTS) is 1. The highest BCUT2D eigenvalue weighted by Gasteiger charge is 2.45. The summed E-state index contributed by atoms with van der Waals surface area (Å²) in [5.74, 6) is -0.314. The summed E-state index contributed by atoms with van der Waals surface area (Å²) in [6.07, 6.45) is 6.00. The normalized spacial score (nSPS) is 19.7. The number of hydrogen-bond acceptors (Lipinski definition) is 4. The van der Waals surface area contributed by atoms with Crippen LogP contribution in [0.25, 0.3) is 11.5 Å². The molecule has 0 aromatic carbocycles. The number of hydrogen-bond donors (Lipinski definition) is 1. The molecule has 8 heteroatoms. The van der Waals surface area contributed by atoms with Crippen LogP contribution in [-0.4, -0.2) is 62.9 Å². The molecule has 0 spiro atoms. The topological polar surface area (TPSA) is 91.8 Å². The van der Waals surface area contributed by atoms with Gasteiger partial charge in [-0.05, 0) is 31.0 Å². The van der Waals surface area contributed by atoms with Gasteiger partial charge in [-0.15, -0.1) is 0 Å².